The van der Waals surface area contributed by atoms with Crippen molar-refractivity contribution in [1.82, 2.24) is 19.7 Å². The Kier molecular flexibility index (Phi) is 5.41. The summed E-state index contributed by atoms with van der Waals surface area (Å²) in [6.07, 6.45) is 3.18. The molecule has 0 saturated carbocycles. The van der Waals surface area contributed by atoms with Crippen LogP contribution in [0.2, 0.25) is 5.02 Å². The van der Waals surface area contributed by atoms with Crippen LogP contribution in [0.25, 0.3) is 11.0 Å². The molecular formula is C20H16Cl2FN5. The zero-order valence-electron chi connectivity index (χ0n) is 14.7. The average Bonchev–Trinajstić information content (AvgIpc) is 3.10. The number of hydrogen-bond acceptors (Lipinski definition) is 4. The summed E-state index contributed by atoms with van der Waals surface area (Å²) < 4.78 is 15.1. The van der Waals surface area contributed by atoms with E-state index >= 15 is 0 Å². The van der Waals surface area contributed by atoms with Gasteiger partial charge >= 0.3 is 0 Å². The lowest BCUT2D eigenvalue weighted by atomic mass is 10.1. The second-order valence-corrected chi connectivity index (χ2v) is 7.25. The number of alkyl halides is 1. The van der Waals surface area contributed by atoms with Crippen molar-refractivity contribution in [2.45, 2.75) is 18.5 Å². The maximum Gasteiger partial charge on any atom is 0.163 e. The highest BCUT2D eigenvalue weighted by Crippen LogP contribution is 2.26. The monoisotopic (exact) mass is 415 g/mol. The summed E-state index contributed by atoms with van der Waals surface area (Å²) in [6, 6.07) is 13.8. The zero-order chi connectivity index (χ0) is 19.5. The topological polar surface area (TPSA) is 55.6 Å². The predicted octanol–water partition coefficient (Wildman–Crippen LogP) is 5.21. The number of nitrogens with zero attached hydrogens (tertiary/aromatic N) is 4. The van der Waals surface area contributed by atoms with Gasteiger partial charge in [-0.2, -0.15) is 5.10 Å². The second-order valence-electron chi connectivity index (χ2n) is 6.29. The summed E-state index contributed by atoms with van der Waals surface area (Å²) in [5.74, 6) is 0.369. The van der Waals surface area contributed by atoms with Crippen LogP contribution >= 0.6 is 23.2 Å². The van der Waals surface area contributed by atoms with Crippen LogP contribution in [0.1, 0.15) is 16.5 Å². The number of rotatable bonds is 6. The van der Waals surface area contributed by atoms with E-state index in [4.69, 9.17) is 23.2 Å². The fourth-order valence-electron chi connectivity index (χ4n) is 2.93. The number of halogens is 3. The number of nitrogens with one attached hydrogen (secondary N) is 1. The van der Waals surface area contributed by atoms with E-state index in [9.17, 15) is 4.39 Å². The van der Waals surface area contributed by atoms with Gasteiger partial charge in [0.15, 0.2) is 5.65 Å². The molecule has 2 aromatic carbocycles. The maximum absolute atomic E-state index is 13.3. The van der Waals surface area contributed by atoms with Gasteiger partial charge in [-0.1, -0.05) is 35.9 Å². The van der Waals surface area contributed by atoms with Crippen LogP contribution in [-0.2, 0) is 13.1 Å². The molecule has 4 rings (SSSR count). The van der Waals surface area contributed by atoms with Gasteiger partial charge in [0.2, 0.25) is 0 Å². The van der Waals surface area contributed by atoms with Gasteiger partial charge in [0.25, 0.3) is 0 Å². The van der Waals surface area contributed by atoms with Crippen molar-refractivity contribution < 1.29 is 4.39 Å². The molecule has 4 aromatic rings. The third-order valence-electron chi connectivity index (χ3n) is 4.35. The summed E-state index contributed by atoms with van der Waals surface area (Å²) in [5, 5.41) is 8.79. The van der Waals surface area contributed by atoms with E-state index in [-0.39, 0.29) is 11.2 Å². The number of anilines is 1. The first-order valence-corrected chi connectivity index (χ1v) is 9.46. The lowest BCUT2D eigenvalue weighted by Gasteiger charge is -2.11. The van der Waals surface area contributed by atoms with E-state index in [2.05, 4.69) is 20.4 Å². The smallest absolute Gasteiger partial charge is 0.163 e. The molecule has 0 aliphatic heterocycles. The van der Waals surface area contributed by atoms with Crippen molar-refractivity contribution in [1.29, 1.82) is 0 Å². The van der Waals surface area contributed by atoms with E-state index in [1.165, 1.54) is 18.5 Å². The van der Waals surface area contributed by atoms with Crippen LogP contribution in [0.15, 0.2) is 61.1 Å². The van der Waals surface area contributed by atoms with Gasteiger partial charge in [0.1, 0.15) is 18.0 Å². The summed E-state index contributed by atoms with van der Waals surface area (Å²) in [7, 11) is 0. The molecule has 0 fully saturated rings. The third-order valence-corrected chi connectivity index (χ3v) is 4.99. The van der Waals surface area contributed by atoms with E-state index in [0.29, 0.717) is 29.6 Å². The van der Waals surface area contributed by atoms with E-state index < -0.39 is 0 Å². The molecule has 0 spiro atoms. The molecular weight excluding hydrogens is 400 g/mol. The van der Waals surface area contributed by atoms with Gasteiger partial charge in [-0.05, 0) is 35.4 Å². The fourth-order valence-corrected chi connectivity index (χ4v) is 3.33. The number of fused-ring (bicyclic) bond motifs is 1. The Morgan fingerprint density at radius 1 is 1.11 bits per heavy atom. The largest absolute Gasteiger partial charge is 0.365 e. The molecule has 1 atom stereocenters. The van der Waals surface area contributed by atoms with Crippen molar-refractivity contribution in [3.63, 3.8) is 0 Å². The molecule has 0 aliphatic carbocycles. The number of hydrogen-bond donors (Lipinski definition) is 1. The summed E-state index contributed by atoms with van der Waals surface area (Å²) in [4.78, 5) is 8.63. The Bertz CT molecular complexity index is 1100. The molecule has 0 bridgehead atoms. The predicted molar refractivity (Wildman–Crippen MR) is 109 cm³/mol. The molecule has 8 heteroatoms. The molecule has 1 N–H and O–H groups in total. The van der Waals surface area contributed by atoms with Crippen molar-refractivity contribution >= 4 is 40.1 Å². The van der Waals surface area contributed by atoms with Gasteiger partial charge in [-0.25, -0.2) is 19.0 Å². The summed E-state index contributed by atoms with van der Waals surface area (Å²) in [6.45, 7) is 0.894. The Balaban J connectivity index is 1.53. The quantitative estimate of drug-likeness (QED) is 0.439. The molecule has 5 nitrogen and oxygen atoms in total. The highest BCUT2D eigenvalue weighted by atomic mass is 35.5. The van der Waals surface area contributed by atoms with E-state index in [1.807, 2.05) is 30.3 Å². The first-order chi connectivity index (χ1) is 13.6. The highest BCUT2D eigenvalue weighted by Gasteiger charge is 2.14. The Labute approximate surface area is 171 Å². The van der Waals surface area contributed by atoms with E-state index in [1.54, 1.807) is 16.9 Å². The molecule has 2 aromatic heterocycles. The minimum absolute atomic E-state index is 0.268. The lowest BCUT2D eigenvalue weighted by Crippen LogP contribution is -2.07. The molecule has 0 saturated heterocycles. The van der Waals surface area contributed by atoms with Crippen molar-refractivity contribution in [2.24, 2.45) is 0 Å². The summed E-state index contributed by atoms with van der Waals surface area (Å²) in [5.41, 5.74) is 2.45. The van der Waals surface area contributed by atoms with Crippen molar-refractivity contribution in [2.75, 3.05) is 5.32 Å². The normalized spacial score (nSPS) is 12.2. The second kappa shape index (κ2) is 8.12. The van der Waals surface area contributed by atoms with Gasteiger partial charge in [0, 0.05) is 11.6 Å². The Hall–Kier alpha value is -2.70. The Morgan fingerprint density at radius 2 is 1.93 bits per heavy atom. The van der Waals surface area contributed by atoms with Crippen LogP contribution in [0.5, 0.6) is 0 Å². The van der Waals surface area contributed by atoms with Crippen LogP contribution in [0.3, 0.4) is 0 Å². The van der Waals surface area contributed by atoms with Gasteiger partial charge < -0.3 is 5.32 Å². The zero-order valence-corrected chi connectivity index (χ0v) is 16.2. The fraction of sp³-hybridized carbons (Fsp3) is 0.150. The van der Waals surface area contributed by atoms with Crippen molar-refractivity contribution in [3.05, 3.63) is 83.0 Å². The molecule has 142 valence electrons. The van der Waals surface area contributed by atoms with Crippen LogP contribution in [0, 0.1) is 5.82 Å². The average molecular weight is 416 g/mol. The summed E-state index contributed by atoms with van der Waals surface area (Å²) >= 11 is 12.5. The molecule has 2 heterocycles. The molecule has 0 amide bonds. The number of benzene rings is 2. The molecule has 1 unspecified atom stereocenters. The van der Waals surface area contributed by atoms with Gasteiger partial charge in [-0.3, -0.25) is 0 Å². The lowest BCUT2D eigenvalue weighted by molar-refractivity contribution is 0.615. The highest BCUT2D eigenvalue weighted by molar-refractivity contribution is 6.30. The SMILES string of the molecule is Fc1cccc(CNc2ncnc3c2cnn3CC(Cl)c2ccc(Cl)cc2)c1. The minimum atomic E-state index is -0.279. The first kappa shape index (κ1) is 18.7. The van der Waals surface area contributed by atoms with Crippen LogP contribution in [-0.4, -0.2) is 19.7 Å². The van der Waals surface area contributed by atoms with Gasteiger partial charge in [-0.15, -0.1) is 11.6 Å². The standard InChI is InChI=1S/C20H16Cl2FN5/c21-15-6-4-14(5-7-15)18(22)11-28-20-17(10-27-28)19(25-12-26-20)24-9-13-2-1-3-16(23)8-13/h1-8,10,12,18H,9,11H2,(H,24,25,26). The van der Waals surface area contributed by atoms with E-state index in [0.717, 1.165) is 16.5 Å². The van der Waals surface area contributed by atoms with Crippen molar-refractivity contribution in [3.8, 4) is 0 Å². The first-order valence-electron chi connectivity index (χ1n) is 8.64. The molecule has 0 aliphatic rings. The molecule has 0 radical (unpaired) electrons. The van der Waals surface area contributed by atoms with Crippen LogP contribution < -0.4 is 5.32 Å². The Morgan fingerprint density at radius 3 is 2.71 bits per heavy atom. The molecule has 28 heavy (non-hydrogen) atoms. The van der Waals surface area contributed by atoms with Gasteiger partial charge in [0.05, 0.1) is 23.5 Å². The minimum Gasteiger partial charge on any atom is -0.365 e. The maximum atomic E-state index is 13.3. The third kappa shape index (κ3) is 4.08. The van der Waals surface area contributed by atoms with Crippen LogP contribution in [0.4, 0.5) is 10.2 Å². The number of aromatic nitrogens is 4.